The standard InChI is InChI=1S/C22H29N3O/c1-17-5-4-6-21(16-17)24-9-11-25(12-10-24)22(26)7-8-23-20-14-18(2)13-19(3)15-20/h4-6,13-16,23H,7-12H2,1-3H3. The molecule has 0 unspecified atom stereocenters. The summed E-state index contributed by atoms with van der Waals surface area (Å²) in [7, 11) is 0. The number of hydrogen-bond donors (Lipinski definition) is 1. The number of carbonyl (C=O) groups is 1. The molecule has 1 aliphatic heterocycles. The zero-order chi connectivity index (χ0) is 18.5. The van der Waals surface area contributed by atoms with E-state index < -0.39 is 0 Å². The molecule has 3 rings (SSSR count). The van der Waals surface area contributed by atoms with Crippen molar-refractivity contribution in [1.29, 1.82) is 0 Å². The van der Waals surface area contributed by atoms with Gasteiger partial charge in [0.1, 0.15) is 0 Å². The maximum absolute atomic E-state index is 12.5. The predicted octanol–water partition coefficient (Wildman–Crippen LogP) is 3.76. The minimum absolute atomic E-state index is 0.241. The van der Waals surface area contributed by atoms with Crippen molar-refractivity contribution < 1.29 is 4.79 Å². The highest BCUT2D eigenvalue weighted by molar-refractivity contribution is 5.77. The van der Waals surface area contributed by atoms with Crippen molar-refractivity contribution >= 4 is 17.3 Å². The molecule has 1 aliphatic rings. The predicted molar refractivity (Wildman–Crippen MR) is 109 cm³/mol. The third kappa shape index (κ3) is 4.78. The summed E-state index contributed by atoms with van der Waals surface area (Å²) in [6, 6.07) is 15.0. The van der Waals surface area contributed by atoms with Gasteiger partial charge in [0.05, 0.1) is 0 Å². The third-order valence-electron chi connectivity index (χ3n) is 4.89. The Morgan fingerprint density at radius 2 is 1.62 bits per heavy atom. The van der Waals surface area contributed by atoms with Crippen LogP contribution in [0.5, 0.6) is 0 Å². The van der Waals surface area contributed by atoms with E-state index in [0.29, 0.717) is 13.0 Å². The van der Waals surface area contributed by atoms with E-state index in [-0.39, 0.29) is 5.91 Å². The second kappa shape index (κ2) is 8.26. The summed E-state index contributed by atoms with van der Waals surface area (Å²) >= 11 is 0. The number of benzene rings is 2. The number of anilines is 2. The van der Waals surface area contributed by atoms with Crippen LogP contribution in [-0.2, 0) is 4.79 Å². The van der Waals surface area contributed by atoms with Crippen LogP contribution in [0.3, 0.4) is 0 Å². The molecule has 4 heteroatoms. The van der Waals surface area contributed by atoms with Gasteiger partial charge in [-0.05, 0) is 61.7 Å². The van der Waals surface area contributed by atoms with Crippen LogP contribution in [0.15, 0.2) is 42.5 Å². The summed E-state index contributed by atoms with van der Waals surface area (Å²) in [5.41, 5.74) is 6.11. The first-order valence-corrected chi connectivity index (χ1v) is 9.43. The average molecular weight is 351 g/mol. The van der Waals surface area contributed by atoms with E-state index in [0.717, 1.165) is 31.9 Å². The minimum Gasteiger partial charge on any atom is -0.385 e. The number of aryl methyl sites for hydroxylation is 3. The first kappa shape index (κ1) is 18.3. The molecular weight excluding hydrogens is 322 g/mol. The van der Waals surface area contributed by atoms with Crippen molar-refractivity contribution in [3.05, 3.63) is 59.2 Å². The van der Waals surface area contributed by atoms with Gasteiger partial charge in [-0.15, -0.1) is 0 Å². The van der Waals surface area contributed by atoms with Crippen LogP contribution in [0.2, 0.25) is 0 Å². The lowest BCUT2D eigenvalue weighted by molar-refractivity contribution is -0.131. The molecule has 0 atom stereocenters. The lowest BCUT2D eigenvalue weighted by atomic mass is 10.1. The van der Waals surface area contributed by atoms with Crippen LogP contribution in [-0.4, -0.2) is 43.5 Å². The van der Waals surface area contributed by atoms with Crippen molar-refractivity contribution in [3.8, 4) is 0 Å². The molecular formula is C22H29N3O. The number of hydrogen-bond acceptors (Lipinski definition) is 3. The quantitative estimate of drug-likeness (QED) is 0.891. The molecule has 26 heavy (non-hydrogen) atoms. The summed E-state index contributed by atoms with van der Waals surface area (Å²) in [5, 5.41) is 3.38. The van der Waals surface area contributed by atoms with Gasteiger partial charge in [0.15, 0.2) is 0 Å². The van der Waals surface area contributed by atoms with Gasteiger partial charge >= 0.3 is 0 Å². The van der Waals surface area contributed by atoms with Gasteiger partial charge in [-0.25, -0.2) is 0 Å². The van der Waals surface area contributed by atoms with Crippen LogP contribution >= 0.6 is 0 Å². The van der Waals surface area contributed by atoms with Crippen molar-refractivity contribution in [1.82, 2.24) is 4.90 Å². The van der Waals surface area contributed by atoms with E-state index in [1.165, 1.54) is 22.4 Å². The zero-order valence-electron chi connectivity index (χ0n) is 16.1. The number of rotatable bonds is 5. The van der Waals surface area contributed by atoms with Gasteiger partial charge in [-0.3, -0.25) is 4.79 Å². The molecule has 0 saturated carbocycles. The van der Waals surface area contributed by atoms with Crippen molar-refractivity contribution in [3.63, 3.8) is 0 Å². The van der Waals surface area contributed by atoms with Crippen molar-refractivity contribution in [2.24, 2.45) is 0 Å². The largest absolute Gasteiger partial charge is 0.385 e. The highest BCUT2D eigenvalue weighted by atomic mass is 16.2. The van der Waals surface area contributed by atoms with Gasteiger partial charge in [-0.2, -0.15) is 0 Å². The Labute approximate surface area is 156 Å². The molecule has 1 amide bonds. The second-order valence-corrected chi connectivity index (χ2v) is 7.26. The Bertz CT molecular complexity index is 743. The lowest BCUT2D eigenvalue weighted by Gasteiger charge is -2.36. The van der Waals surface area contributed by atoms with Gasteiger partial charge in [-0.1, -0.05) is 18.2 Å². The molecule has 2 aromatic rings. The minimum atomic E-state index is 0.241. The second-order valence-electron chi connectivity index (χ2n) is 7.26. The topological polar surface area (TPSA) is 35.6 Å². The Balaban J connectivity index is 1.45. The summed E-state index contributed by atoms with van der Waals surface area (Å²) in [6.07, 6.45) is 0.539. The van der Waals surface area contributed by atoms with Crippen LogP contribution in [0.1, 0.15) is 23.1 Å². The Hall–Kier alpha value is -2.49. The first-order valence-electron chi connectivity index (χ1n) is 9.43. The van der Waals surface area contributed by atoms with Gasteiger partial charge < -0.3 is 15.1 Å². The molecule has 0 aliphatic carbocycles. The van der Waals surface area contributed by atoms with Crippen LogP contribution in [0.4, 0.5) is 11.4 Å². The van der Waals surface area contributed by atoms with E-state index in [9.17, 15) is 4.79 Å². The third-order valence-corrected chi connectivity index (χ3v) is 4.89. The molecule has 0 radical (unpaired) electrons. The Morgan fingerprint density at radius 3 is 2.27 bits per heavy atom. The molecule has 1 heterocycles. The van der Waals surface area contributed by atoms with Crippen molar-refractivity contribution in [2.75, 3.05) is 42.9 Å². The Morgan fingerprint density at radius 1 is 0.923 bits per heavy atom. The summed E-state index contributed by atoms with van der Waals surface area (Å²) in [4.78, 5) is 16.8. The summed E-state index contributed by atoms with van der Waals surface area (Å²) in [5.74, 6) is 0.241. The number of nitrogens with one attached hydrogen (secondary N) is 1. The number of amides is 1. The highest BCUT2D eigenvalue weighted by Gasteiger charge is 2.20. The zero-order valence-corrected chi connectivity index (χ0v) is 16.1. The fraction of sp³-hybridized carbons (Fsp3) is 0.409. The average Bonchev–Trinajstić information content (AvgIpc) is 2.61. The Kier molecular flexibility index (Phi) is 5.82. The van der Waals surface area contributed by atoms with E-state index in [2.05, 4.69) is 73.5 Å². The van der Waals surface area contributed by atoms with E-state index >= 15 is 0 Å². The molecule has 2 aromatic carbocycles. The summed E-state index contributed by atoms with van der Waals surface area (Å²) in [6.45, 7) is 10.4. The lowest BCUT2D eigenvalue weighted by Crippen LogP contribution is -2.49. The normalized spacial score (nSPS) is 14.4. The highest BCUT2D eigenvalue weighted by Crippen LogP contribution is 2.18. The molecule has 1 saturated heterocycles. The molecule has 1 fully saturated rings. The van der Waals surface area contributed by atoms with E-state index in [1.54, 1.807) is 0 Å². The fourth-order valence-corrected chi connectivity index (χ4v) is 3.59. The molecule has 1 N–H and O–H groups in total. The summed E-state index contributed by atoms with van der Waals surface area (Å²) < 4.78 is 0. The molecule has 0 bridgehead atoms. The van der Waals surface area contributed by atoms with Crippen LogP contribution < -0.4 is 10.2 Å². The monoisotopic (exact) mass is 351 g/mol. The van der Waals surface area contributed by atoms with E-state index in [1.807, 2.05) is 4.90 Å². The maximum atomic E-state index is 12.5. The van der Waals surface area contributed by atoms with Crippen LogP contribution in [0.25, 0.3) is 0 Å². The number of carbonyl (C=O) groups excluding carboxylic acids is 1. The van der Waals surface area contributed by atoms with Gasteiger partial charge in [0, 0.05) is 50.5 Å². The fourth-order valence-electron chi connectivity index (χ4n) is 3.59. The molecule has 4 nitrogen and oxygen atoms in total. The SMILES string of the molecule is Cc1cc(C)cc(NCCC(=O)N2CCN(c3cccc(C)c3)CC2)c1. The number of nitrogens with zero attached hydrogens (tertiary/aromatic N) is 2. The van der Waals surface area contributed by atoms with Gasteiger partial charge in [0.2, 0.25) is 5.91 Å². The molecule has 0 spiro atoms. The van der Waals surface area contributed by atoms with E-state index in [4.69, 9.17) is 0 Å². The number of piperazine rings is 1. The molecule has 0 aromatic heterocycles. The molecule has 138 valence electrons. The smallest absolute Gasteiger partial charge is 0.224 e. The maximum Gasteiger partial charge on any atom is 0.224 e. The first-order chi connectivity index (χ1) is 12.5. The van der Waals surface area contributed by atoms with Crippen molar-refractivity contribution in [2.45, 2.75) is 27.2 Å². The van der Waals surface area contributed by atoms with Gasteiger partial charge in [0.25, 0.3) is 0 Å². The van der Waals surface area contributed by atoms with Crippen LogP contribution in [0, 0.1) is 20.8 Å².